The standard InChI is InChI=1S/C15H13ClN4O5S3/c1-27(22,23)10-5-4-9-13(12(10)17)19-15(26)20(9)14(21)7-2-3-8(16)11(6-7)28(18,24)25/h2-6H,17H2,1H3,(H,19,26)(H2,18,24,25). The highest BCUT2D eigenvalue weighted by atomic mass is 35.5. The molecular formula is C15H13ClN4O5S3. The van der Waals surface area contributed by atoms with Gasteiger partial charge in [-0.05, 0) is 42.5 Å². The maximum absolute atomic E-state index is 13.0. The molecule has 1 heterocycles. The van der Waals surface area contributed by atoms with Crippen molar-refractivity contribution in [2.45, 2.75) is 9.79 Å². The number of hydrogen-bond acceptors (Lipinski definition) is 7. The lowest BCUT2D eigenvalue weighted by molar-refractivity contribution is 0.0962. The third-order valence-corrected chi connectivity index (χ3v) is 6.78. The quantitative estimate of drug-likeness (QED) is 0.396. The van der Waals surface area contributed by atoms with Crippen molar-refractivity contribution < 1.29 is 21.6 Å². The van der Waals surface area contributed by atoms with Crippen molar-refractivity contribution in [3.05, 3.63) is 45.7 Å². The van der Waals surface area contributed by atoms with Gasteiger partial charge in [0.2, 0.25) is 10.0 Å². The number of aromatic nitrogens is 2. The number of benzene rings is 2. The molecule has 0 spiro atoms. The molecule has 0 saturated carbocycles. The molecule has 0 radical (unpaired) electrons. The third-order valence-electron chi connectivity index (χ3n) is 3.95. The summed E-state index contributed by atoms with van der Waals surface area (Å²) in [4.78, 5) is 15.2. The van der Waals surface area contributed by atoms with E-state index >= 15 is 0 Å². The Morgan fingerprint density at radius 2 is 1.79 bits per heavy atom. The van der Waals surface area contributed by atoms with E-state index in [4.69, 9.17) is 34.7 Å². The highest BCUT2D eigenvalue weighted by Crippen LogP contribution is 2.29. The van der Waals surface area contributed by atoms with Crippen molar-refractivity contribution in [2.24, 2.45) is 5.14 Å². The fourth-order valence-corrected chi connectivity index (χ4v) is 4.86. The number of rotatable bonds is 3. The molecule has 5 N–H and O–H groups in total. The summed E-state index contributed by atoms with van der Waals surface area (Å²) in [5.74, 6) is -0.677. The van der Waals surface area contributed by atoms with E-state index in [-0.39, 0.29) is 37.0 Å². The second kappa shape index (κ2) is 6.67. The molecule has 0 aliphatic heterocycles. The molecule has 0 aliphatic carbocycles. The highest BCUT2D eigenvalue weighted by molar-refractivity contribution is 7.91. The van der Waals surface area contributed by atoms with Crippen molar-refractivity contribution in [2.75, 3.05) is 12.0 Å². The number of halogens is 1. The number of imidazole rings is 1. The number of aromatic amines is 1. The molecule has 13 heteroatoms. The fourth-order valence-electron chi connectivity index (χ4n) is 2.69. The lowest BCUT2D eigenvalue weighted by Crippen LogP contribution is -2.16. The number of nitrogens with two attached hydrogens (primary N) is 2. The van der Waals surface area contributed by atoms with E-state index in [1.165, 1.54) is 24.3 Å². The Morgan fingerprint density at radius 3 is 2.36 bits per heavy atom. The number of nitrogens with one attached hydrogen (secondary N) is 1. The zero-order valence-electron chi connectivity index (χ0n) is 14.1. The molecule has 9 nitrogen and oxygen atoms in total. The number of nitrogen functional groups attached to an aromatic ring is 1. The molecule has 28 heavy (non-hydrogen) atoms. The molecular weight excluding hydrogens is 448 g/mol. The van der Waals surface area contributed by atoms with E-state index in [0.717, 1.165) is 16.9 Å². The molecule has 0 fully saturated rings. The first-order valence-electron chi connectivity index (χ1n) is 7.42. The van der Waals surface area contributed by atoms with Crippen LogP contribution in [0.4, 0.5) is 5.69 Å². The Balaban J connectivity index is 2.26. The van der Waals surface area contributed by atoms with Crippen LogP contribution in [0.2, 0.25) is 5.02 Å². The van der Waals surface area contributed by atoms with Gasteiger partial charge in [0.15, 0.2) is 14.6 Å². The normalized spacial score (nSPS) is 12.4. The monoisotopic (exact) mass is 460 g/mol. The molecule has 0 unspecified atom stereocenters. The molecule has 3 aromatic rings. The molecule has 0 atom stereocenters. The first-order chi connectivity index (χ1) is 12.8. The third kappa shape index (κ3) is 3.44. The molecule has 0 aliphatic rings. The molecule has 148 valence electrons. The number of fused-ring (bicyclic) bond motifs is 1. The number of hydrogen-bond donors (Lipinski definition) is 3. The van der Waals surface area contributed by atoms with Crippen LogP contribution in [-0.2, 0) is 19.9 Å². The summed E-state index contributed by atoms with van der Waals surface area (Å²) in [5, 5.41) is 4.98. The number of H-pyrrole nitrogens is 1. The average molecular weight is 461 g/mol. The van der Waals surface area contributed by atoms with Gasteiger partial charge in [0, 0.05) is 11.8 Å². The van der Waals surface area contributed by atoms with Crippen LogP contribution in [0.15, 0.2) is 40.1 Å². The molecule has 2 aromatic carbocycles. The number of sulfone groups is 1. The molecule has 0 bridgehead atoms. The van der Waals surface area contributed by atoms with E-state index in [1.54, 1.807) is 0 Å². The molecule has 0 saturated heterocycles. The maximum atomic E-state index is 13.0. The van der Waals surface area contributed by atoms with Crippen LogP contribution in [0.25, 0.3) is 11.0 Å². The van der Waals surface area contributed by atoms with Gasteiger partial charge in [0.1, 0.15) is 4.90 Å². The first-order valence-corrected chi connectivity index (χ1v) is 11.6. The summed E-state index contributed by atoms with van der Waals surface area (Å²) < 4.78 is 48.0. The van der Waals surface area contributed by atoms with Gasteiger partial charge in [0.25, 0.3) is 5.91 Å². The second-order valence-corrected chi connectivity index (χ2v) is 10.2. The van der Waals surface area contributed by atoms with E-state index in [0.29, 0.717) is 0 Å². The van der Waals surface area contributed by atoms with Crippen LogP contribution in [-0.4, -0.2) is 38.5 Å². The smallest absolute Gasteiger partial charge is 0.264 e. The van der Waals surface area contributed by atoms with Gasteiger partial charge < -0.3 is 10.7 Å². The van der Waals surface area contributed by atoms with Gasteiger partial charge in [-0.1, -0.05) is 11.6 Å². The minimum Gasteiger partial charge on any atom is -0.396 e. The Hall–Kier alpha value is -2.25. The van der Waals surface area contributed by atoms with Crippen molar-refractivity contribution in [1.82, 2.24) is 9.55 Å². The number of carbonyl (C=O) groups excluding carboxylic acids is 1. The van der Waals surface area contributed by atoms with E-state index in [2.05, 4.69) is 4.98 Å². The minimum absolute atomic E-state index is 0.0452. The van der Waals surface area contributed by atoms with Gasteiger partial charge in [-0.2, -0.15) is 0 Å². The van der Waals surface area contributed by atoms with E-state index < -0.39 is 30.7 Å². The first kappa shape index (κ1) is 20.5. The Kier molecular flexibility index (Phi) is 4.88. The molecule has 1 aromatic heterocycles. The summed E-state index contributed by atoms with van der Waals surface area (Å²) in [7, 11) is -7.75. The summed E-state index contributed by atoms with van der Waals surface area (Å²) in [6.45, 7) is 0. The highest BCUT2D eigenvalue weighted by Gasteiger charge is 2.22. The fraction of sp³-hybridized carbons (Fsp3) is 0.0667. The largest absolute Gasteiger partial charge is 0.396 e. The minimum atomic E-state index is -4.15. The summed E-state index contributed by atoms with van der Waals surface area (Å²) in [6.07, 6.45) is 1.00. The van der Waals surface area contributed by atoms with E-state index in [9.17, 15) is 21.6 Å². The maximum Gasteiger partial charge on any atom is 0.264 e. The topological polar surface area (TPSA) is 158 Å². The van der Waals surface area contributed by atoms with Crippen molar-refractivity contribution in [3.8, 4) is 0 Å². The molecule has 0 amide bonds. The Bertz CT molecular complexity index is 1420. The van der Waals surface area contributed by atoms with Crippen LogP contribution in [0.1, 0.15) is 10.4 Å². The van der Waals surface area contributed by atoms with Crippen LogP contribution in [0.3, 0.4) is 0 Å². The van der Waals surface area contributed by atoms with Gasteiger partial charge in [0.05, 0.1) is 26.6 Å². The van der Waals surface area contributed by atoms with Crippen LogP contribution in [0.5, 0.6) is 0 Å². The Labute approximate surface area is 169 Å². The van der Waals surface area contributed by atoms with Crippen molar-refractivity contribution >= 4 is 66.3 Å². The SMILES string of the molecule is CS(=O)(=O)c1ccc2c([nH]c(=S)n2C(=O)c2ccc(Cl)c(S(N)(=O)=O)c2)c1N. The van der Waals surface area contributed by atoms with Gasteiger partial charge >= 0.3 is 0 Å². The zero-order valence-corrected chi connectivity index (χ0v) is 17.3. The summed E-state index contributed by atoms with van der Waals surface area (Å²) >= 11 is 11.0. The van der Waals surface area contributed by atoms with Gasteiger partial charge in [-0.15, -0.1) is 0 Å². The van der Waals surface area contributed by atoms with Crippen molar-refractivity contribution in [3.63, 3.8) is 0 Å². The predicted octanol–water partition coefficient (Wildman–Crippen LogP) is 1.67. The van der Waals surface area contributed by atoms with Gasteiger partial charge in [-0.3, -0.25) is 9.36 Å². The average Bonchev–Trinajstić information content (AvgIpc) is 2.89. The Morgan fingerprint density at radius 1 is 1.14 bits per heavy atom. The van der Waals surface area contributed by atoms with Crippen molar-refractivity contribution in [1.29, 1.82) is 0 Å². The van der Waals surface area contributed by atoms with E-state index in [1.807, 2.05) is 0 Å². The van der Waals surface area contributed by atoms with Crippen LogP contribution in [0, 0.1) is 4.77 Å². The summed E-state index contributed by atoms with van der Waals surface area (Å²) in [6, 6.07) is 6.21. The number of anilines is 1. The summed E-state index contributed by atoms with van der Waals surface area (Å²) in [5.41, 5.74) is 6.20. The van der Waals surface area contributed by atoms with Gasteiger partial charge in [-0.25, -0.2) is 22.0 Å². The predicted molar refractivity (Wildman–Crippen MR) is 107 cm³/mol. The zero-order chi connectivity index (χ0) is 21.0. The van der Waals surface area contributed by atoms with Crippen LogP contribution < -0.4 is 10.9 Å². The number of primary sulfonamides is 1. The second-order valence-electron chi connectivity index (χ2n) is 5.90. The molecule has 3 rings (SSSR count). The lowest BCUT2D eigenvalue weighted by Gasteiger charge is -2.08. The lowest BCUT2D eigenvalue weighted by atomic mass is 10.2. The number of nitrogens with zero attached hydrogens (tertiary/aromatic N) is 1. The number of carbonyl (C=O) groups is 1. The van der Waals surface area contributed by atoms with Crippen LogP contribution >= 0.6 is 23.8 Å². The number of sulfonamides is 1.